The molecule has 60 valence electrons. The largest absolute Gasteiger partial charge is 0.374 e. The van der Waals surface area contributed by atoms with E-state index >= 15 is 0 Å². The second-order valence-electron chi connectivity index (χ2n) is 2.69. The zero-order chi connectivity index (χ0) is 7.40. The van der Waals surface area contributed by atoms with Crippen molar-refractivity contribution in [2.75, 3.05) is 18.9 Å². The Bertz CT molecular complexity index is 85.3. The van der Waals surface area contributed by atoms with Gasteiger partial charge in [0.25, 0.3) is 0 Å². The number of hydrogen-bond donors (Lipinski definition) is 0. The molecule has 10 heavy (non-hydrogen) atoms. The Kier molecular flexibility index (Phi) is 3.65. The third-order valence-corrected chi connectivity index (χ3v) is 4.97. The van der Waals surface area contributed by atoms with E-state index < -0.39 is 0 Å². The maximum atomic E-state index is 5.63. The van der Waals surface area contributed by atoms with Gasteiger partial charge >= 0.3 is 0 Å². The van der Waals surface area contributed by atoms with Gasteiger partial charge in [0.05, 0.1) is 5.85 Å². The number of ether oxygens (including phenoxy) is 1. The molecule has 1 unspecified atom stereocenters. The Morgan fingerprint density at radius 1 is 1.40 bits per heavy atom. The minimum atomic E-state index is 0.220. The molecule has 0 amide bonds. The van der Waals surface area contributed by atoms with Crippen LogP contribution in [0.25, 0.3) is 0 Å². The minimum absolute atomic E-state index is 0.220. The van der Waals surface area contributed by atoms with Crippen LogP contribution >= 0.6 is 7.92 Å². The lowest BCUT2D eigenvalue weighted by molar-refractivity contribution is 0.169. The Labute approximate surface area is 64.9 Å². The van der Waals surface area contributed by atoms with Gasteiger partial charge in [0.1, 0.15) is 0 Å². The van der Waals surface area contributed by atoms with Crippen LogP contribution in [0.2, 0.25) is 0 Å². The molecule has 0 aromatic carbocycles. The van der Waals surface area contributed by atoms with E-state index in [0.717, 1.165) is 6.61 Å². The van der Waals surface area contributed by atoms with Crippen LogP contribution in [-0.4, -0.2) is 24.8 Å². The van der Waals surface area contributed by atoms with Crippen molar-refractivity contribution in [3.8, 4) is 0 Å². The summed E-state index contributed by atoms with van der Waals surface area (Å²) >= 11 is 0. The lowest BCUT2D eigenvalue weighted by Gasteiger charge is -2.19. The predicted molar refractivity (Wildman–Crippen MR) is 47.0 cm³/mol. The maximum absolute atomic E-state index is 5.63. The molecule has 0 spiro atoms. The first kappa shape index (κ1) is 8.49. The van der Waals surface area contributed by atoms with Crippen LogP contribution in [0.3, 0.4) is 0 Å². The second kappa shape index (κ2) is 4.31. The summed E-state index contributed by atoms with van der Waals surface area (Å²) in [6, 6.07) is 0. The summed E-state index contributed by atoms with van der Waals surface area (Å²) in [6.45, 7) is 5.59. The van der Waals surface area contributed by atoms with Crippen LogP contribution in [0.1, 0.15) is 26.7 Å². The fourth-order valence-corrected chi connectivity index (χ4v) is 3.61. The molecule has 0 aromatic heterocycles. The van der Waals surface area contributed by atoms with Crippen molar-refractivity contribution in [2.24, 2.45) is 0 Å². The van der Waals surface area contributed by atoms with Crippen molar-refractivity contribution in [3.05, 3.63) is 0 Å². The van der Waals surface area contributed by atoms with Crippen LogP contribution in [0.15, 0.2) is 0 Å². The van der Waals surface area contributed by atoms with Crippen molar-refractivity contribution < 1.29 is 4.74 Å². The molecular formula is C8H17OP. The fraction of sp³-hybridized carbons (Fsp3) is 1.00. The summed E-state index contributed by atoms with van der Waals surface area (Å²) in [4.78, 5) is 0. The summed E-state index contributed by atoms with van der Waals surface area (Å²) in [6.07, 6.45) is 5.31. The second-order valence-corrected chi connectivity index (χ2v) is 5.71. The molecule has 0 radical (unpaired) electrons. The van der Waals surface area contributed by atoms with Gasteiger partial charge < -0.3 is 4.74 Å². The van der Waals surface area contributed by atoms with Gasteiger partial charge in [-0.3, -0.25) is 0 Å². The van der Waals surface area contributed by atoms with Crippen LogP contribution in [0, 0.1) is 0 Å². The third kappa shape index (κ3) is 1.93. The van der Waals surface area contributed by atoms with Gasteiger partial charge in [-0.05, 0) is 25.2 Å². The standard InChI is InChI=1S/C8H17OP/c1-3-10(4-2)8-6-5-7-9-8/h8H,3-7H2,1-2H3. The van der Waals surface area contributed by atoms with E-state index in [0.29, 0.717) is 5.85 Å². The highest BCUT2D eigenvalue weighted by atomic mass is 31.1. The topological polar surface area (TPSA) is 9.23 Å². The van der Waals surface area contributed by atoms with E-state index in [4.69, 9.17) is 4.74 Å². The molecule has 1 rings (SSSR count). The summed E-state index contributed by atoms with van der Waals surface area (Å²) in [5.41, 5.74) is 0. The van der Waals surface area contributed by atoms with Crippen molar-refractivity contribution in [1.29, 1.82) is 0 Å². The number of rotatable bonds is 3. The van der Waals surface area contributed by atoms with Gasteiger partial charge in [0, 0.05) is 6.61 Å². The molecule has 2 heteroatoms. The highest BCUT2D eigenvalue weighted by Crippen LogP contribution is 2.45. The highest BCUT2D eigenvalue weighted by molar-refractivity contribution is 7.58. The average molecular weight is 160 g/mol. The smallest absolute Gasteiger partial charge is 0.0765 e. The van der Waals surface area contributed by atoms with Crippen LogP contribution in [0.4, 0.5) is 0 Å². The zero-order valence-corrected chi connectivity index (χ0v) is 7.86. The summed E-state index contributed by atoms with van der Waals surface area (Å²) in [5.74, 6) is 0.657. The Morgan fingerprint density at radius 3 is 2.50 bits per heavy atom. The lowest BCUT2D eigenvalue weighted by atomic mass is 10.4. The van der Waals surface area contributed by atoms with E-state index in [9.17, 15) is 0 Å². The monoisotopic (exact) mass is 160 g/mol. The lowest BCUT2D eigenvalue weighted by Crippen LogP contribution is -2.05. The molecule has 1 aliphatic rings. The summed E-state index contributed by atoms with van der Waals surface area (Å²) < 4.78 is 5.63. The normalized spacial score (nSPS) is 26.1. The molecule has 1 heterocycles. The van der Waals surface area contributed by atoms with Crippen LogP contribution < -0.4 is 0 Å². The first-order valence-electron chi connectivity index (χ1n) is 4.24. The van der Waals surface area contributed by atoms with Crippen molar-refractivity contribution in [3.63, 3.8) is 0 Å². The first-order chi connectivity index (χ1) is 4.88. The van der Waals surface area contributed by atoms with Gasteiger partial charge in [-0.2, -0.15) is 0 Å². The predicted octanol–water partition coefficient (Wildman–Crippen LogP) is 2.64. The molecule has 1 aliphatic heterocycles. The van der Waals surface area contributed by atoms with Crippen LogP contribution in [-0.2, 0) is 4.74 Å². The molecule has 0 N–H and O–H groups in total. The van der Waals surface area contributed by atoms with E-state index in [2.05, 4.69) is 13.8 Å². The van der Waals surface area contributed by atoms with Crippen molar-refractivity contribution in [2.45, 2.75) is 32.5 Å². The van der Waals surface area contributed by atoms with Gasteiger partial charge in [0.2, 0.25) is 0 Å². The maximum Gasteiger partial charge on any atom is 0.0765 e. The Hall–Kier alpha value is 0.390. The van der Waals surface area contributed by atoms with E-state index in [1.165, 1.54) is 25.2 Å². The number of hydrogen-bond acceptors (Lipinski definition) is 1. The van der Waals surface area contributed by atoms with E-state index in [1.54, 1.807) is 0 Å². The highest BCUT2D eigenvalue weighted by Gasteiger charge is 2.21. The summed E-state index contributed by atoms with van der Waals surface area (Å²) in [7, 11) is 0.220. The molecule has 0 aromatic rings. The molecular weight excluding hydrogens is 143 g/mol. The SMILES string of the molecule is CCP(CC)C1CCCO1. The van der Waals surface area contributed by atoms with Crippen molar-refractivity contribution >= 4 is 7.92 Å². The molecule has 1 nitrogen and oxygen atoms in total. The molecule has 0 saturated carbocycles. The molecule has 1 fully saturated rings. The van der Waals surface area contributed by atoms with Gasteiger partial charge in [-0.1, -0.05) is 21.8 Å². The molecule has 0 bridgehead atoms. The fourth-order valence-electron chi connectivity index (χ4n) is 1.48. The van der Waals surface area contributed by atoms with E-state index in [-0.39, 0.29) is 7.92 Å². The van der Waals surface area contributed by atoms with Gasteiger partial charge in [-0.25, -0.2) is 0 Å². The molecule has 1 atom stereocenters. The summed E-state index contributed by atoms with van der Waals surface area (Å²) in [5, 5.41) is 0. The average Bonchev–Trinajstić information content (AvgIpc) is 2.43. The van der Waals surface area contributed by atoms with Crippen molar-refractivity contribution in [1.82, 2.24) is 0 Å². The molecule has 1 saturated heterocycles. The van der Waals surface area contributed by atoms with Crippen LogP contribution in [0.5, 0.6) is 0 Å². The quantitative estimate of drug-likeness (QED) is 0.577. The zero-order valence-electron chi connectivity index (χ0n) is 6.97. The Balaban J connectivity index is 2.29. The third-order valence-electron chi connectivity index (χ3n) is 2.13. The van der Waals surface area contributed by atoms with Gasteiger partial charge in [0.15, 0.2) is 0 Å². The van der Waals surface area contributed by atoms with Gasteiger partial charge in [-0.15, -0.1) is 0 Å². The Morgan fingerprint density at radius 2 is 2.10 bits per heavy atom. The minimum Gasteiger partial charge on any atom is -0.374 e. The molecule has 0 aliphatic carbocycles. The van der Waals surface area contributed by atoms with E-state index in [1.807, 2.05) is 0 Å². The first-order valence-corrected chi connectivity index (χ1v) is 6.02.